The molecule has 3 rings (SSSR count). The van der Waals surface area contributed by atoms with Gasteiger partial charge in [-0.25, -0.2) is 4.98 Å². The maximum absolute atomic E-state index is 5.49. The number of ether oxygens (including phenoxy) is 1. The summed E-state index contributed by atoms with van der Waals surface area (Å²) in [5.74, 6) is 0.905. The Bertz CT molecular complexity index is 628. The Labute approximate surface area is 103 Å². The Kier molecular flexibility index (Phi) is 2.57. The topological polar surface area (TPSA) is 27.1 Å². The fourth-order valence-corrected chi connectivity index (χ4v) is 2.68. The quantitative estimate of drug-likeness (QED) is 0.705. The Balaban J connectivity index is 2.07. The number of hydrogen-bond donors (Lipinski definition) is 0. The molecule has 1 aromatic carbocycles. The number of benzene rings is 1. The SMILES string of the molecule is CCOc1ccc2nc(-n3cccc3)sc2c1. The van der Waals surface area contributed by atoms with Gasteiger partial charge in [0.15, 0.2) is 5.13 Å². The fraction of sp³-hybridized carbons (Fsp3) is 0.154. The summed E-state index contributed by atoms with van der Waals surface area (Å²) in [6.07, 6.45) is 4.00. The van der Waals surface area contributed by atoms with Crippen molar-refractivity contribution in [2.24, 2.45) is 0 Å². The Morgan fingerprint density at radius 1 is 1.29 bits per heavy atom. The van der Waals surface area contributed by atoms with Gasteiger partial charge < -0.3 is 9.30 Å². The van der Waals surface area contributed by atoms with Gasteiger partial charge in [0.1, 0.15) is 5.75 Å². The van der Waals surface area contributed by atoms with Crippen molar-refractivity contribution in [3.8, 4) is 10.9 Å². The van der Waals surface area contributed by atoms with Gasteiger partial charge in [-0.15, -0.1) is 0 Å². The van der Waals surface area contributed by atoms with Crippen LogP contribution in [0, 0.1) is 0 Å². The highest BCUT2D eigenvalue weighted by Gasteiger charge is 2.05. The molecule has 0 saturated carbocycles. The molecule has 0 aliphatic rings. The minimum absolute atomic E-state index is 0.689. The maximum Gasteiger partial charge on any atom is 0.194 e. The first kappa shape index (κ1) is 10.4. The molecule has 3 nitrogen and oxygen atoms in total. The van der Waals surface area contributed by atoms with Crippen LogP contribution >= 0.6 is 11.3 Å². The summed E-state index contributed by atoms with van der Waals surface area (Å²) in [5, 5.41) is 0.985. The highest BCUT2D eigenvalue weighted by atomic mass is 32.1. The summed E-state index contributed by atoms with van der Waals surface area (Å²) in [6, 6.07) is 10.0. The standard InChI is InChI=1S/C13H12N2OS/c1-2-16-10-5-6-11-12(9-10)17-13(14-11)15-7-3-4-8-15/h3-9H,2H2,1H3. The monoisotopic (exact) mass is 244 g/mol. The molecular weight excluding hydrogens is 232 g/mol. The predicted molar refractivity (Wildman–Crippen MR) is 70.1 cm³/mol. The van der Waals surface area contributed by atoms with Crippen molar-refractivity contribution in [2.75, 3.05) is 6.61 Å². The van der Waals surface area contributed by atoms with Crippen LogP contribution in [0.5, 0.6) is 5.75 Å². The van der Waals surface area contributed by atoms with E-state index in [0.29, 0.717) is 6.61 Å². The summed E-state index contributed by atoms with van der Waals surface area (Å²) in [4.78, 5) is 4.58. The molecule has 2 heterocycles. The summed E-state index contributed by atoms with van der Waals surface area (Å²) in [6.45, 7) is 2.68. The first-order chi connectivity index (χ1) is 8.36. The first-order valence-corrected chi connectivity index (χ1v) is 6.35. The summed E-state index contributed by atoms with van der Waals surface area (Å²) in [7, 11) is 0. The van der Waals surface area contributed by atoms with Crippen molar-refractivity contribution in [1.29, 1.82) is 0 Å². The van der Waals surface area contributed by atoms with Gasteiger partial charge in [0.2, 0.25) is 0 Å². The van der Waals surface area contributed by atoms with Crippen LogP contribution in [0.25, 0.3) is 15.3 Å². The normalized spacial score (nSPS) is 10.9. The fourth-order valence-electron chi connectivity index (χ4n) is 1.72. The van der Waals surface area contributed by atoms with Gasteiger partial charge >= 0.3 is 0 Å². The number of hydrogen-bond acceptors (Lipinski definition) is 3. The predicted octanol–water partition coefficient (Wildman–Crippen LogP) is 3.49. The molecule has 0 unspecified atom stereocenters. The molecule has 0 atom stereocenters. The lowest BCUT2D eigenvalue weighted by atomic mass is 10.3. The van der Waals surface area contributed by atoms with E-state index in [-0.39, 0.29) is 0 Å². The largest absolute Gasteiger partial charge is 0.494 e. The third-order valence-electron chi connectivity index (χ3n) is 2.48. The van der Waals surface area contributed by atoms with Gasteiger partial charge in [-0.1, -0.05) is 11.3 Å². The average molecular weight is 244 g/mol. The van der Waals surface area contributed by atoms with E-state index in [1.54, 1.807) is 11.3 Å². The van der Waals surface area contributed by atoms with Crippen molar-refractivity contribution >= 4 is 21.6 Å². The molecule has 0 bridgehead atoms. The molecule has 0 N–H and O–H groups in total. The lowest BCUT2D eigenvalue weighted by Crippen LogP contribution is -1.90. The van der Waals surface area contributed by atoms with Crippen molar-refractivity contribution in [3.05, 3.63) is 42.7 Å². The second-order valence-corrected chi connectivity index (χ2v) is 4.66. The summed E-state index contributed by atoms with van der Waals surface area (Å²) < 4.78 is 8.66. The second-order valence-electron chi connectivity index (χ2n) is 3.65. The van der Waals surface area contributed by atoms with Gasteiger partial charge in [-0.3, -0.25) is 0 Å². The van der Waals surface area contributed by atoms with Crippen molar-refractivity contribution in [2.45, 2.75) is 6.92 Å². The number of rotatable bonds is 3. The molecule has 0 aliphatic carbocycles. The van der Waals surface area contributed by atoms with Gasteiger partial charge in [0, 0.05) is 12.4 Å². The number of aromatic nitrogens is 2. The van der Waals surface area contributed by atoms with Crippen LogP contribution in [0.3, 0.4) is 0 Å². The van der Waals surface area contributed by atoms with E-state index >= 15 is 0 Å². The molecule has 0 radical (unpaired) electrons. The minimum atomic E-state index is 0.689. The van der Waals surface area contributed by atoms with Crippen LogP contribution in [0.4, 0.5) is 0 Å². The third kappa shape index (κ3) is 1.91. The molecule has 0 fully saturated rings. The molecular formula is C13H12N2OS. The Morgan fingerprint density at radius 3 is 2.88 bits per heavy atom. The maximum atomic E-state index is 5.49. The molecule has 17 heavy (non-hydrogen) atoms. The summed E-state index contributed by atoms with van der Waals surface area (Å²) >= 11 is 1.67. The van der Waals surface area contributed by atoms with Crippen molar-refractivity contribution in [3.63, 3.8) is 0 Å². The van der Waals surface area contributed by atoms with E-state index < -0.39 is 0 Å². The zero-order chi connectivity index (χ0) is 11.7. The molecule has 0 spiro atoms. The summed E-state index contributed by atoms with van der Waals surface area (Å²) in [5.41, 5.74) is 1.02. The van der Waals surface area contributed by atoms with Crippen LogP contribution in [-0.2, 0) is 0 Å². The average Bonchev–Trinajstić information content (AvgIpc) is 2.97. The Morgan fingerprint density at radius 2 is 2.12 bits per heavy atom. The molecule has 3 aromatic rings. The Hall–Kier alpha value is -1.81. The van der Waals surface area contributed by atoms with Crippen LogP contribution in [0.1, 0.15) is 6.92 Å². The molecule has 0 saturated heterocycles. The van der Waals surface area contributed by atoms with E-state index in [1.807, 2.05) is 54.2 Å². The van der Waals surface area contributed by atoms with E-state index in [2.05, 4.69) is 4.98 Å². The lowest BCUT2D eigenvalue weighted by Gasteiger charge is -2.00. The number of fused-ring (bicyclic) bond motifs is 1. The van der Waals surface area contributed by atoms with E-state index in [9.17, 15) is 0 Å². The molecule has 0 aliphatic heterocycles. The van der Waals surface area contributed by atoms with Crippen LogP contribution in [-0.4, -0.2) is 16.2 Å². The van der Waals surface area contributed by atoms with Crippen LogP contribution in [0.15, 0.2) is 42.7 Å². The highest BCUT2D eigenvalue weighted by Crippen LogP contribution is 2.28. The van der Waals surface area contributed by atoms with Gasteiger partial charge in [-0.2, -0.15) is 0 Å². The van der Waals surface area contributed by atoms with Gasteiger partial charge in [-0.05, 0) is 37.3 Å². The zero-order valence-corrected chi connectivity index (χ0v) is 10.3. The number of nitrogens with zero attached hydrogens (tertiary/aromatic N) is 2. The van der Waals surface area contributed by atoms with Crippen LogP contribution < -0.4 is 4.74 Å². The molecule has 86 valence electrons. The van der Waals surface area contributed by atoms with Crippen molar-refractivity contribution in [1.82, 2.24) is 9.55 Å². The lowest BCUT2D eigenvalue weighted by molar-refractivity contribution is 0.341. The minimum Gasteiger partial charge on any atom is -0.494 e. The van der Waals surface area contributed by atoms with Crippen molar-refractivity contribution < 1.29 is 4.74 Å². The van der Waals surface area contributed by atoms with Crippen LogP contribution in [0.2, 0.25) is 0 Å². The first-order valence-electron chi connectivity index (χ1n) is 5.53. The zero-order valence-electron chi connectivity index (χ0n) is 9.46. The smallest absolute Gasteiger partial charge is 0.194 e. The third-order valence-corrected chi connectivity index (χ3v) is 3.52. The molecule has 0 amide bonds. The van der Waals surface area contributed by atoms with Gasteiger partial charge in [0.25, 0.3) is 0 Å². The molecule has 2 aromatic heterocycles. The molecule has 4 heteroatoms. The van der Waals surface area contributed by atoms with E-state index in [1.165, 1.54) is 0 Å². The number of thiazole rings is 1. The van der Waals surface area contributed by atoms with E-state index in [4.69, 9.17) is 4.74 Å². The van der Waals surface area contributed by atoms with Gasteiger partial charge in [0.05, 0.1) is 16.8 Å². The second kappa shape index (κ2) is 4.22. The van der Waals surface area contributed by atoms with E-state index in [0.717, 1.165) is 21.1 Å². The highest BCUT2D eigenvalue weighted by molar-refractivity contribution is 7.20.